The molecule has 0 aliphatic carbocycles. The van der Waals surface area contributed by atoms with Gasteiger partial charge < -0.3 is 0 Å². The van der Waals surface area contributed by atoms with Gasteiger partial charge in [-0.3, -0.25) is 0 Å². The Balaban J connectivity index is 2.85. The number of hydrogen-bond donors (Lipinski definition) is 1. The van der Waals surface area contributed by atoms with Gasteiger partial charge in [-0.2, -0.15) is 0 Å². The van der Waals surface area contributed by atoms with Crippen LogP contribution in [-0.2, 0) is 0 Å². The number of fused-ring (bicyclic) bond motifs is 1. The van der Waals surface area contributed by atoms with E-state index in [0.717, 1.165) is 27.5 Å². The molecule has 2 rings (SSSR count). The zero-order valence-electron chi connectivity index (χ0n) is 9.40. The van der Waals surface area contributed by atoms with E-state index in [4.69, 9.17) is 0 Å². The summed E-state index contributed by atoms with van der Waals surface area (Å²) in [6.07, 6.45) is 3.68. The van der Waals surface area contributed by atoms with Crippen molar-refractivity contribution in [1.82, 2.24) is 0 Å². The van der Waals surface area contributed by atoms with E-state index in [1.54, 1.807) is 0 Å². The summed E-state index contributed by atoms with van der Waals surface area (Å²) in [5.74, 6) is 2.99. The predicted octanol–water partition coefficient (Wildman–Crippen LogP) is 4.36. The lowest BCUT2D eigenvalue weighted by Gasteiger charge is -2.06. The quantitative estimate of drug-likeness (QED) is 0.581. The van der Waals surface area contributed by atoms with Gasteiger partial charge in [0.05, 0.1) is 0 Å². The summed E-state index contributed by atoms with van der Waals surface area (Å²) in [5.41, 5.74) is 3.14. The standard InChI is InChI=1S/C16H12S/c1-3-12-10-15-7-5-6-14(8-9-17)16(15)11-13(12)4-2/h3-7,10-11,17H,1-2H2. The maximum Gasteiger partial charge on any atom is 0.0332 e. The zero-order valence-corrected chi connectivity index (χ0v) is 10.3. The molecule has 0 aliphatic rings. The summed E-state index contributed by atoms with van der Waals surface area (Å²) in [7, 11) is 0. The molecule has 0 unspecified atom stereocenters. The Morgan fingerprint density at radius 3 is 2.41 bits per heavy atom. The second-order valence-electron chi connectivity index (χ2n) is 3.65. The van der Waals surface area contributed by atoms with Crippen LogP contribution in [0.4, 0.5) is 0 Å². The van der Waals surface area contributed by atoms with Crippen molar-refractivity contribution in [2.75, 3.05) is 0 Å². The Kier molecular flexibility index (Phi) is 3.37. The molecule has 0 fully saturated rings. The molecule has 17 heavy (non-hydrogen) atoms. The van der Waals surface area contributed by atoms with E-state index < -0.39 is 0 Å². The molecule has 0 spiro atoms. The van der Waals surface area contributed by atoms with E-state index in [1.807, 2.05) is 24.3 Å². The van der Waals surface area contributed by atoms with Crippen molar-refractivity contribution in [3.8, 4) is 11.2 Å². The molecule has 0 N–H and O–H groups in total. The minimum absolute atomic E-state index is 0.983. The molecule has 0 saturated carbocycles. The monoisotopic (exact) mass is 236 g/mol. The lowest BCUT2D eigenvalue weighted by molar-refractivity contribution is 1.64. The normalized spacial score (nSPS) is 9.47. The van der Waals surface area contributed by atoms with Crippen LogP contribution in [0, 0.1) is 11.2 Å². The van der Waals surface area contributed by atoms with Crippen molar-refractivity contribution in [1.29, 1.82) is 0 Å². The van der Waals surface area contributed by atoms with Gasteiger partial charge in [-0.05, 0) is 45.4 Å². The highest BCUT2D eigenvalue weighted by Crippen LogP contribution is 2.24. The Hall–Kier alpha value is -1.91. The summed E-state index contributed by atoms with van der Waals surface area (Å²) < 4.78 is 0. The molecule has 0 atom stereocenters. The summed E-state index contributed by atoms with van der Waals surface area (Å²) in [6, 6.07) is 10.2. The first-order chi connectivity index (χ1) is 8.30. The van der Waals surface area contributed by atoms with E-state index in [2.05, 4.69) is 55.2 Å². The van der Waals surface area contributed by atoms with Crippen molar-refractivity contribution in [2.45, 2.75) is 0 Å². The molecule has 1 heteroatoms. The summed E-state index contributed by atoms with van der Waals surface area (Å²) in [5, 5.41) is 4.91. The van der Waals surface area contributed by atoms with Gasteiger partial charge in [0.1, 0.15) is 0 Å². The number of hydrogen-bond acceptors (Lipinski definition) is 1. The molecule has 0 aromatic heterocycles. The highest BCUT2D eigenvalue weighted by Gasteiger charge is 2.02. The van der Waals surface area contributed by atoms with Crippen molar-refractivity contribution < 1.29 is 0 Å². The largest absolute Gasteiger partial charge is 0.0984 e. The Morgan fingerprint density at radius 1 is 1.06 bits per heavy atom. The fraction of sp³-hybridized carbons (Fsp3) is 0. The summed E-state index contributed by atoms with van der Waals surface area (Å²) in [6.45, 7) is 7.64. The first-order valence-electron chi connectivity index (χ1n) is 5.27. The molecule has 82 valence electrons. The van der Waals surface area contributed by atoms with E-state index in [1.165, 1.54) is 0 Å². The third-order valence-corrected chi connectivity index (χ3v) is 2.83. The predicted molar refractivity (Wildman–Crippen MR) is 80.0 cm³/mol. The highest BCUT2D eigenvalue weighted by atomic mass is 32.1. The molecule has 2 aromatic rings. The van der Waals surface area contributed by atoms with Crippen LogP contribution >= 0.6 is 12.6 Å². The third-order valence-electron chi connectivity index (χ3n) is 2.71. The molecule has 0 bridgehead atoms. The average Bonchev–Trinajstić information content (AvgIpc) is 2.38. The van der Waals surface area contributed by atoms with Crippen LogP contribution < -0.4 is 0 Å². The fourth-order valence-electron chi connectivity index (χ4n) is 1.88. The molecule has 0 heterocycles. The minimum Gasteiger partial charge on any atom is -0.0984 e. The van der Waals surface area contributed by atoms with Crippen molar-refractivity contribution in [3.63, 3.8) is 0 Å². The van der Waals surface area contributed by atoms with Gasteiger partial charge in [0.2, 0.25) is 0 Å². The summed E-state index contributed by atoms with van der Waals surface area (Å²) in [4.78, 5) is 0. The van der Waals surface area contributed by atoms with E-state index >= 15 is 0 Å². The topological polar surface area (TPSA) is 0 Å². The van der Waals surface area contributed by atoms with Gasteiger partial charge in [-0.25, -0.2) is 0 Å². The van der Waals surface area contributed by atoms with Crippen LogP contribution in [0.25, 0.3) is 22.9 Å². The molecule has 0 nitrogen and oxygen atoms in total. The maximum absolute atomic E-state index is 3.95. The smallest absolute Gasteiger partial charge is 0.0332 e. The summed E-state index contributed by atoms with van der Waals surface area (Å²) >= 11 is 3.95. The van der Waals surface area contributed by atoms with Crippen molar-refractivity contribution in [3.05, 3.63) is 60.2 Å². The van der Waals surface area contributed by atoms with Gasteiger partial charge >= 0.3 is 0 Å². The highest BCUT2D eigenvalue weighted by molar-refractivity contribution is 7.85. The van der Waals surface area contributed by atoms with Gasteiger partial charge in [0, 0.05) is 5.56 Å². The van der Waals surface area contributed by atoms with Gasteiger partial charge in [0.15, 0.2) is 0 Å². The molecule has 0 radical (unpaired) electrons. The van der Waals surface area contributed by atoms with Crippen LogP contribution in [0.5, 0.6) is 0 Å². The second kappa shape index (κ2) is 4.95. The lowest BCUT2D eigenvalue weighted by Crippen LogP contribution is -1.85. The van der Waals surface area contributed by atoms with Crippen LogP contribution in [0.1, 0.15) is 16.7 Å². The average molecular weight is 236 g/mol. The van der Waals surface area contributed by atoms with Gasteiger partial charge in [-0.15, -0.1) is 0 Å². The molecular formula is C16H12S. The second-order valence-corrected chi connectivity index (χ2v) is 3.88. The lowest BCUT2D eigenvalue weighted by atomic mass is 9.98. The molecule has 0 saturated heterocycles. The van der Waals surface area contributed by atoms with Crippen LogP contribution in [0.2, 0.25) is 0 Å². The van der Waals surface area contributed by atoms with Gasteiger partial charge in [-0.1, -0.05) is 56.0 Å². The molecule has 2 aromatic carbocycles. The number of rotatable bonds is 2. The zero-order chi connectivity index (χ0) is 12.3. The number of thiol groups is 1. The van der Waals surface area contributed by atoms with E-state index in [-0.39, 0.29) is 0 Å². The van der Waals surface area contributed by atoms with Crippen LogP contribution in [0.3, 0.4) is 0 Å². The maximum atomic E-state index is 3.95. The Morgan fingerprint density at radius 2 is 1.76 bits per heavy atom. The van der Waals surface area contributed by atoms with Gasteiger partial charge in [0.25, 0.3) is 0 Å². The Labute approximate surface area is 107 Å². The van der Waals surface area contributed by atoms with Crippen LogP contribution in [0.15, 0.2) is 43.5 Å². The third kappa shape index (κ3) is 2.13. The van der Waals surface area contributed by atoms with Crippen LogP contribution in [-0.4, -0.2) is 0 Å². The Bertz CT molecular complexity index is 654. The first-order valence-corrected chi connectivity index (χ1v) is 5.71. The number of benzene rings is 2. The fourth-order valence-corrected chi connectivity index (χ4v) is 2.00. The SMILES string of the molecule is C=Cc1cc2cccc(C#CS)c2cc1C=C. The molecular weight excluding hydrogens is 224 g/mol. The van der Waals surface area contributed by atoms with Crippen molar-refractivity contribution >= 4 is 35.6 Å². The molecule has 0 aliphatic heterocycles. The molecule has 0 amide bonds. The minimum atomic E-state index is 0.983. The van der Waals surface area contributed by atoms with E-state index in [9.17, 15) is 0 Å². The first kappa shape index (κ1) is 11.6. The van der Waals surface area contributed by atoms with E-state index in [0.29, 0.717) is 0 Å². The van der Waals surface area contributed by atoms with Crippen molar-refractivity contribution in [2.24, 2.45) is 0 Å².